The highest BCUT2D eigenvalue weighted by Gasteiger charge is 2.26. The van der Waals surface area contributed by atoms with Crippen LogP contribution in [0.4, 0.5) is 20.6 Å². The number of aromatic nitrogens is 3. The third-order valence-electron chi connectivity index (χ3n) is 6.61. The Balaban J connectivity index is 1.83. The van der Waals surface area contributed by atoms with Crippen LogP contribution in [0.1, 0.15) is 35.5 Å². The number of halogens is 1. The number of nitrogens with two attached hydrogens (primary N) is 1. The van der Waals surface area contributed by atoms with Gasteiger partial charge in [0.2, 0.25) is 0 Å². The Kier molecular flexibility index (Phi) is 9.78. The molecule has 0 spiro atoms. The van der Waals surface area contributed by atoms with Crippen molar-refractivity contribution in [1.29, 1.82) is 5.41 Å². The molecule has 13 heteroatoms. The molecule has 0 radical (unpaired) electrons. The van der Waals surface area contributed by atoms with E-state index < -0.39 is 23.6 Å². The molecule has 0 aliphatic heterocycles. The summed E-state index contributed by atoms with van der Waals surface area (Å²) >= 11 is 0. The van der Waals surface area contributed by atoms with Crippen molar-refractivity contribution >= 4 is 23.3 Å². The monoisotopic (exact) mass is 590 g/mol. The molecule has 0 aliphatic carbocycles. The first kappa shape index (κ1) is 30.8. The minimum absolute atomic E-state index is 0.0873. The van der Waals surface area contributed by atoms with Crippen LogP contribution in [0.15, 0.2) is 65.5 Å². The molecule has 4 rings (SSSR count). The Morgan fingerprint density at radius 1 is 1.19 bits per heavy atom. The highest BCUT2D eigenvalue weighted by Crippen LogP contribution is 2.33. The zero-order valence-electron chi connectivity index (χ0n) is 24.4. The fourth-order valence-electron chi connectivity index (χ4n) is 4.30. The van der Waals surface area contributed by atoms with Crippen LogP contribution < -0.4 is 26.8 Å². The number of nitrogens with zero attached hydrogens (tertiary/aromatic N) is 3. The van der Waals surface area contributed by atoms with Crippen molar-refractivity contribution < 1.29 is 18.7 Å². The number of ether oxygens (including phenoxy) is 2. The molecule has 0 saturated heterocycles. The van der Waals surface area contributed by atoms with Crippen LogP contribution in [0.25, 0.3) is 5.69 Å². The van der Waals surface area contributed by atoms with Gasteiger partial charge in [-0.25, -0.2) is 14.0 Å². The van der Waals surface area contributed by atoms with E-state index in [2.05, 4.69) is 20.7 Å². The lowest BCUT2D eigenvalue weighted by Crippen LogP contribution is -2.21. The van der Waals surface area contributed by atoms with E-state index in [-0.39, 0.29) is 41.0 Å². The molecule has 0 fully saturated rings. The second-order valence-corrected chi connectivity index (χ2v) is 9.93. The third kappa shape index (κ3) is 7.38. The molecular weight excluding hydrogens is 555 g/mol. The Labute approximate surface area is 248 Å². The van der Waals surface area contributed by atoms with Gasteiger partial charge in [0.25, 0.3) is 0 Å². The number of methoxy groups -OCH3 is 1. The van der Waals surface area contributed by atoms with Crippen LogP contribution in [0.3, 0.4) is 0 Å². The molecule has 0 aliphatic rings. The lowest BCUT2D eigenvalue weighted by molar-refractivity contribution is 0.187. The molecule has 1 atom stereocenters. The SMILES string of the molecule is CCc1cc(OCCN(C)C)c(F)c(C(Nc2ccc(C(=N)N)cc2)c2nn(-c3ccccc3NC(=O)OC)c(=O)[nH]2)c1. The van der Waals surface area contributed by atoms with Gasteiger partial charge in [-0.1, -0.05) is 25.1 Å². The summed E-state index contributed by atoms with van der Waals surface area (Å²) in [6.45, 7) is 2.81. The number of rotatable bonds is 12. The fourth-order valence-corrected chi connectivity index (χ4v) is 4.30. The van der Waals surface area contributed by atoms with Crippen molar-refractivity contribution in [3.05, 3.63) is 99.5 Å². The summed E-state index contributed by atoms with van der Waals surface area (Å²) in [5.74, 6) is -0.493. The van der Waals surface area contributed by atoms with E-state index in [0.717, 1.165) is 10.2 Å². The summed E-state index contributed by atoms with van der Waals surface area (Å²) in [7, 11) is 5.03. The maximum Gasteiger partial charge on any atom is 0.411 e. The molecule has 6 N–H and O–H groups in total. The summed E-state index contributed by atoms with van der Waals surface area (Å²) in [4.78, 5) is 29.9. The van der Waals surface area contributed by atoms with E-state index in [0.29, 0.717) is 24.2 Å². The first-order valence-electron chi connectivity index (χ1n) is 13.6. The van der Waals surface area contributed by atoms with Gasteiger partial charge in [0.1, 0.15) is 18.5 Å². The molecular formula is C30H35FN8O4. The van der Waals surface area contributed by atoms with Crippen LogP contribution in [-0.2, 0) is 11.2 Å². The zero-order valence-corrected chi connectivity index (χ0v) is 24.4. The van der Waals surface area contributed by atoms with Crippen LogP contribution in [0.5, 0.6) is 5.75 Å². The maximum absolute atomic E-state index is 16.2. The van der Waals surface area contributed by atoms with Crippen molar-refractivity contribution in [1.82, 2.24) is 19.7 Å². The molecule has 4 aromatic rings. The minimum atomic E-state index is -0.972. The standard InChI is InChI=1S/C30H35FN8O4/c1-5-18-16-21(25(31)24(17-18)43-15-14-38(2)3)26(34-20-12-10-19(11-13-20)27(32)33)28-36-29(40)39(37-28)23-9-7-6-8-22(23)35-30(41)42-4/h6-13,16-17,26,34H,5,14-15H2,1-4H3,(H3,32,33)(H,35,41)(H,36,37,40). The molecule has 1 aromatic heterocycles. The number of hydrogen-bond donors (Lipinski definition) is 5. The van der Waals surface area contributed by atoms with Crippen LogP contribution in [0, 0.1) is 11.2 Å². The molecule has 12 nitrogen and oxygen atoms in total. The van der Waals surface area contributed by atoms with E-state index in [9.17, 15) is 9.59 Å². The predicted octanol–water partition coefficient (Wildman–Crippen LogP) is 3.87. The van der Waals surface area contributed by atoms with E-state index in [1.54, 1.807) is 60.7 Å². The first-order chi connectivity index (χ1) is 20.6. The van der Waals surface area contributed by atoms with Gasteiger partial charge in [-0.15, -0.1) is 5.10 Å². The number of amides is 1. The number of carbonyl (C=O) groups excluding carboxylic acids is 1. The quantitative estimate of drug-likeness (QED) is 0.123. The second-order valence-electron chi connectivity index (χ2n) is 9.93. The smallest absolute Gasteiger partial charge is 0.411 e. The molecule has 1 heterocycles. The van der Waals surface area contributed by atoms with E-state index >= 15 is 4.39 Å². The van der Waals surface area contributed by atoms with Gasteiger partial charge in [-0.05, 0) is 68.5 Å². The second kappa shape index (κ2) is 13.7. The molecule has 1 amide bonds. The number of likely N-dealkylation sites (N-methyl/N-ethyl adjacent to an activating group) is 1. The molecule has 226 valence electrons. The van der Waals surface area contributed by atoms with Crippen LogP contribution >= 0.6 is 0 Å². The van der Waals surface area contributed by atoms with Crippen LogP contribution in [0.2, 0.25) is 0 Å². The normalized spacial score (nSPS) is 11.7. The summed E-state index contributed by atoms with van der Waals surface area (Å²) < 4.78 is 27.8. The number of nitrogen functional groups attached to an aromatic ring is 1. The van der Waals surface area contributed by atoms with Gasteiger partial charge in [0.15, 0.2) is 17.4 Å². The number of carbonyl (C=O) groups is 1. The van der Waals surface area contributed by atoms with Crippen molar-refractivity contribution in [3.63, 3.8) is 0 Å². The number of aromatic amines is 1. The number of amidine groups is 1. The summed E-state index contributed by atoms with van der Waals surface area (Å²) in [5, 5.41) is 18.0. The number of hydrogen-bond acceptors (Lipinski definition) is 8. The number of para-hydroxylation sites is 2. The molecule has 1 unspecified atom stereocenters. The van der Waals surface area contributed by atoms with E-state index in [1.165, 1.54) is 7.11 Å². The first-order valence-corrected chi connectivity index (χ1v) is 13.6. The van der Waals surface area contributed by atoms with Gasteiger partial charge in [0, 0.05) is 23.4 Å². The number of H-pyrrole nitrogens is 1. The molecule has 3 aromatic carbocycles. The highest BCUT2D eigenvalue weighted by atomic mass is 19.1. The van der Waals surface area contributed by atoms with Gasteiger partial charge in [-0.2, -0.15) is 4.68 Å². The minimum Gasteiger partial charge on any atom is -0.489 e. The van der Waals surface area contributed by atoms with E-state index in [1.807, 2.05) is 25.9 Å². The van der Waals surface area contributed by atoms with Gasteiger partial charge >= 0.3 is 11.8 Å². The largest absolute Gasteiger partial charge is 0.489 e. The van der Waals surface area contributed by atoms with Gasteiger partial charge < -0.3 is 25.4 Å². The van der Waals surface area contributed by atoms with E-state index in [4.69, 9.17) is 20.6 Å². The van der Waals surface area contributed by atoms with Crippen molar-refractivity contribution in [2.45, 2.75) is 19.4 Å². The Morgan fingerprint density at radius 2 is 1.91 bits per heavy atom. The Bertz CT molecular complexity index is 1650. The lowest BCUT2D eigenvalue weighted by atomic mass is 10.00. The Morgan fingerprint density at radius 3 is 2.56 bits per heavy atom. The topological polar surface area (TPSA) is 163 Å². The third-order valence-corrected chi connectivity index (χ3v) is 6.61. The lowest BCUT2D eigenvalue weighted by Gasteiger charge is -2.22. The maximum atomic E-state index is 16.2. The number of benzene rings is 3. The van der Waals surface area contributed by atoms with Gasteiger partial charge in [0.05, 0.1) is 18.5 Å². The average Bonchev–Trinajstić information content (AvgIpc) is 3.38. The zero-order chi connectivity index (χ0) is 31.1. The summed E-state index contributed by atoms with van der Waals surface area (Å²) in [6.07, 6.45) is -0.112. The number of anilines is 2. The molecule has 0 bridgehead atoms. The van der Waals surface area contributed by atoms with Crippen molar-refractivity contribution in [2.75, 3.05) is 45.0 Å². The highest BCUT2D eigenvalue weighted by molar-refractivity contribution is 5.95. The summed E-state index contributed by atoms with van der Waals surface area (Å²) in [5.41, 5.74) is 7.68. The van der Waals surface area contributed by atoms with Gasteiger partial charge in [-0.3, -0.25) is 15.7 Å². The molecule has 0 saturated carbocycles. The number of nitrogens with one attached hydrogen (secondary N) is 4. The summed E-state index contributed by atoms with van der Waals surface area (Å²) in [6, 6.07) is 15.7. The Hall–Kier alpha value is -5.17. The van der Waals surface area contributed by atoms with Crippen LogP contribution in [-0.4, -0.2) is 66.0 Å². The fraction of sp³-hybridized carbons (Fsp3) is 0.267. The average molecular weight is 591 g/mol. The van der Waals surface area contributed by atoms with Crippen molar-refractivity contribution in [3.8, 4) is 11.4 Å². The predicted molar refractivity (Wildman–Crippen MR) is 163 cm³/mol. The number of aryl methyl sites for hydroxylation is 1. The van der Waals surface area contributed by atoms with Crippen molar-refractivity contribution in [2.24, 2.45) is 5.73 Å². The molecule has 43 heavy (non-hydrogen) atoms.